The summed E-state index contributed by atoms with van der Waals surface area (Å²) in [6.45, 7) is 3.80. The Morgan fingerprint density at radius 1 is 0.547 bits per heavy atom. The van der Waals surface area contributed by atoms with Crippen LogP contribution in [0, 0.1) is 11.8 Å². The van der Waals surface area contributed by atoms with Gasteiger partial charge in [-0.2, -0.15) is 0 Å². The van der Waals surface area contributed by atoms with E-state index in [1.54, 1.807) is 0 Å². The molecular formula is C30H48N2O21. The summed E-state index contributed by atoms with van der Waals surface area (Å²) < 4.78 is 39.4. The maximum Gasteiger partial charge on any atom is 0.335 e. The summed E-state index contributed by atoms with van der Waals surface area (Å²) in [5.41, 5.74) is 0. The van der Waals surface area contributed by atoms with Crippen molar-refractivity contribution in [1.82, 2.24) is 10.6 Å². The van der Waals surface area contributed by atoms with E-state index in [-0.39, 0.29) is 0 Å². The number of hydrogen-bond donors (Lipinski definition) is 12. The molecule has 4 fully saturated rings. The van der Waals surface area contributed by atoms with Crippen LogP contribution in [0.2, 0.25) is 0 Å². The fourth-order valence-electron chi connectivity index (χ4n) is 6.76. The number of aliphatic hydroxyl groups excluding tert-OH is 8. The molecule has 0 aromatic carbocycles. The van der Waals surface area contributed by atoms with Gasteiger partial charge in [0.1, 0.15) is 48.7 Å². The molecule has 0 aromatic heterocycles. The zero-order chi connectivity index (χ0) is 39.6. The van der Waals surface area contributed by atoms with Gasteiger partial charge in [-0.15, -0.1) is 0 Å². The Balaban J connectivity index is 1.62. The molecule has 2 amide bonds. The molecular weight excluding hydrogens is 724 g/mol. The molecule has 23 nitrogen and oxygen atoms in total. The minimum absolute atomic E-state index is 0.611. The molecule has 20 atom stereocenters. The van der Waals surface area contributed by atoms with E-state index in [4.69, 9.17) is 33.2 Å². The number of carboxylic acids is 2. The predicted octanol–water partition coefficient (Wildman–Crippen LogP) is -6.73. The highest BCUT2D eigenvalue weighted by Gasteiger charge is 2.57. The van der Waals surface area contributed by atoms with E-state index < -0.39 is 159 Å². The Kier molecular flexibility index (Phi) is 14.5. The first kappa shape index (κ1) is 43.0. The zero-order valence-corrected chi connectivity index (χ0v) is 28.9. The lowest BCUT2D eigenvalue weighted by molar-refractivity contribution is -0.363. The van der Waals surface area contributed by atoms with E-state index in [0.29, 0.717) is 0 Å². The second-order valence-electron chi connectivity index (χ2n) is 13.4. The molecule has 0 spiro atoms. The number of aliphatic carboxylic acids is 2. The van der Waals surface area contributed by atoms with Crippen molar-refractivity contribution in [3.63, 3.8) is 0 Å². The average Bonchev–Trinajstić information content (AvgIpc) is 3.09. The quantitative estimate of drug-likeness (QED) is 0.0877. The monoisotopic (exact) mass is 772 g/mol. The third-order valence-electron chi connectivity index (χ3n) is 9.72. The third-order valence-corrected chi connectivity index (χ3v) is 9.72. The van der Waals surface area contributed by atoms with Gasteiger partial charge in [-0.25, -0.2) is 9.59 Å². The van der Waals surface area contributed by atoms with Crippen molar-refractivity contribution in [2.24, 2.45) is 11.8 Å². The number of carbonyl (C=O) groups excluding carboxylic acids is 2. The first-order valence-corrected chi connectivity index (χ1v) is 16.7. The summed E-state index contributed by atoms with van der Waals surface area (Å²) in [5, 5.41) is 109. The number of ether oxygens (including phenoxy) is 7. The van der Waals surface area contributed by atoms with E-state index in [9.17, 15) is 70.2 Å². The molecule has 23 heteroatoms. The van der Waals surface area contributed by atoms with Crippen LogP contribution in [0.4, 0.5) is 0 Å². The number of rotatable bonds is 12. The lowest BCUT2D eigenvalue weighted by atomic mass is 9.88. The number of aliphatic hydroxyl groups is 8. The molecule has 304 valence electrons. The van der Waals surface area contributed by atoms with E-state index >= 15 is 0 Å². The van der Waals surface area contributed by atoms with Crippen LogP contribution in [0.5, 0.6) is 0 Å². The Morgan fingerprint density at radius 3 is 1.47 bits per heavy atom. The molecule has 4 heterocycles. The molecule has 0 aromatic rings. The van der Waals surface area contributed by atoms with Crippen LogP contribution in [0.25, 0.3) is 0 Å². The molecule has 4 aliphatic rings. The number of carboxylic acid groups (broad SMARTS) is 2. The fourth-order valence-corrected chi connectivity index (χ4v) is 6.76. The Morgan fingerprint density at radius 2 is 0.981 bits per heavy atom. The van der Waals surface area contributed by atoms with Crippen molar-refractivity contribution in [2.75, 3.05) is 13.2 Å². The van der Waals surface area contributed by atoms with Crippen molar-refractivity contribution in [2.45, 2.75) is 138 Å². The van der Waals surface area contributed by atoms with E-state index in [2.05, 4.69) is 10.6 Å². The number of nitrogens with one attached hydrogen (secondary N) is 2. The number of carbonyl (C=O) groups is 4. The Labute approximate surface area is 301 Å². The van der Waals surface area contributed by atoms with Crippen molar-refractivity contribution in [1.29, 1.82) is 0 Å². The van der Waals surface area contributed by atoms with Gasteiger partial charge in [0.15, 0.2) is 37.4 Å². The van der Waals surface area contributed by atoms with Crippen LogP contribution in [-0.4, -0.2) is 199 Å². The maximum absolute atomic E-state index is 12.5. The van der Waals surface area contributed by atoms with Crippen LogP contribution >= 0.6 is 0 Å². The molecule has 0 bridgehead atoms. The third kappa shape index (κ3) is 9.22. The lowest BCUT2D eigenvalue weighted by Gasteiger charge is -2.50. The highest BCUT2D eigenvalue weighted by atomic mass is 16.8. The van der Waals surface area contributed by atoms with Crippen molar-refractivity contribution in [3.8, 4) is 0 Å². The summed E-state index contributed by atoms with van der Waals surface area (Å²) in [5.74, 6) is -6.56. The van der Waals surface area contributed by atoms with E-state index in [1.807, 2.05) is 0 Å². The first-order chi connectivity index (χ1) is 24.8. The molecule has 20 unspecified atom stereocenters. The van der Waals surface area contributed by atoms with Gasteiger partial charge in [-0.3, -0.25) is 9.59 Å². The number of hydrogen-bond acceptors (Lipinski definition) is 19. The van der Waals surface area contributed by atoms with E-state index in [0.717, 1.165) is 13.8 Å². The lowest BCUT2D eigenvalue weighted by Crippen LogP contribution is -2.69. The van der Waals surface area contributed by atoms with Crippen LogP contribution in [-0.2, 0) is 52.3 Å². The SMILES string of the molecule is CC(=O)NC1C(OC2C(C(=O)O)OC(OC3C(C)C(CO)OC(OC4C(C(=O)O)OC(O)C(O)C4O)C3NC(C)=O)C(O)C2O)OC(CO)C(C)C1O. The van der Waals surface area contributed by atoms with Gasteiger partial charge in [0.25, 0.3) is 0 Å². The van der Waals surface area contributed by atoms with Gasteiger partial charge in [0.05, 0.1) is 37.6 Å². The second-order valence-corrected chi connectivity index (χ2v) is 13.4. The van der Waals surface area contributed by atoms with Gasteiger partial charge in [-0.1, -0.05) is 13.8 Å². The maximum atomic E-state index is 12.5. The highest BCUT2D eigenvalue weighted by Crippen LogP contribution is 2.36. The van der Waals surface area contributed by atoms with Crippen molar-refractivity contribution >= 4 is 23.8 Å². The molecule has 0 saturated carbocycles. The summed E-state index contributed by atoms with van der Waals surface area (Å²) in [6, 6.07) is -2.85. The molecule has 4 rings (SSSR count). The van der Waals surface area contributed by atoms with Crippen LogP contribution in [0.1, 0.15) is 27.7 Å². The Hall–Kier alpha value is -2.72. The van der Waals surface area contributed by atoms with E-state index in [1.165, 1.54) is 13.8 Å². The first-order valence-electron chi connectivity index (χ1n) is 16.7. The Bertz CT molecular complexity index is 1290. The average molecular weight is 773 g/mol. The predicted molar refractivity (Wildman–Crippen MR) is 164 cm³/mol. The minimum Gasteiger partial charge on any atom is -0.479 e. The highest BCUT2D eigenvalue weighted by molar-refractivity contribution is 5.74. The van der Waals surface area contributed by atoms with Crippen LogP contribution in [0.3, 0.4) is 0 Å². The van der Waals surface area contributed by atoms with Crippen molar-refractivity contribution in [3.05, 3.63) is 0 Å². The summed E-state index contributed by atoms with van der Waals surface area (Å²) in [7, 11) is 0. The van der Waals surface area contributed by atoms with Gasteiger partial charge >= 0.3 is 11.9 Å². The zero-order valence-electron chi connectivity index (χ0n) is 28.9. The van der Waals surface area contributed by atoms with Gasteiger partial charge in [-0.05, 0) is 0 Å². The topological polar surface area (TPSA) is 359 Å². The summed E-state index contributed by atoms with van der Waals surface area (Å²) >= 11 is 0. The molecule has 4 aliphatic heterocycles. The smallest absolute Gasteiger partial charge is 0.335 e. The fraction of sp³-hybridized carbons (Fsp3) is 0.867. The van der Waals surface area contributed by atoms with Gasteiger partial charge in [0, 0.05) is 25.7 Å². The van der Waals surface area contributed by atoms with Crippen molar-refractivity contribution < 1.29 is 103 Å². The summed E-state index contributed by atoms with van der Waals surface area (Å²) in [6.07, 6.45) is -29.3. The summed E-state index contributed by atoms with van der Waals surface area (Å²) in [4.78, 5) is 48.8. The van der Waals surface area contributed by atoms with Crippen LogP contribution < -0.4 is 10.6 Å². The molecule has 12 N–H and O–H groups in total. The second kappa shape index (κ2) is 17.8. The molecule has 0 radical (unpaired) electrons. The molecule has 53 heavy (non-hydrogen) atoms. The van der Waals surface area contributed by atoms with Crippen LogP contribution in [0.15, 0.2) is 0 Å². The number of amides is 2. The molecule has 0 aliphatic carbocycles. The minimum atomic E-state index is -2.14. The van der Waals surface area contributed by atoms with Gasteiger partial charge < -0.3 is 94.9 Å². The molecule has 4 saturated heterocycles. The normalized spacial score (nSPS) is 46.3. The van der Waals surface area contributed by atoms with Gasteiger partial charge in [0.2, 0.25) is 11.8 Å². The standard InChI is InChI=1S/C30H48N2O21/c1-7-11(5-33)47-28(13(15(7)37)31-9(3)35)51-22-17(39)19(41)30(53-24(22)26(44)45)50-20-8(2)12(6-34)48-29(14(20)32-10(4)36)52-21-16(38)18(40)27(46)49-23(21)25(42)43/h7-8,11-24,27-30,33-34,37-41,46H,5-6H2,1-4H3,(H,31,35)(H,32,36)(H,42,43)(H,44,45). The largest absolute Gasteiger partial charge is 0.479 e.